The minimum atomic E-state index is -0.422. The number of nitrogens with one attached hydrogen (secondary N) is 2. The second-order valence-electron chi connectivity index (χ2n) is 4.99. The van der Waals surface area contributed by atoms with Crippen molar-refractivity contribution in [2.24, 2.45) is 0 Å². The molecule has 0 bridgehead atoms. The number of ether oxygens (including phenoxy) is 1. The van der Waals surface area contributed by atoms with Crippen LogP contribution in [0, 0.1) is 0 Å². The van der Waals surface area contributed by atoms with Crippen molar-refractivity contribution in [2.75, 3.05) is 38.6 Å². The van der Waals surface area contributed by atoms with Crippen LogP contribution in [0.25, 0.3) is 0 Å². The van der Waals surface area contributed by atoms with Crippen LogP contribution in [0.3, 0.4) is 0 Å². The highest BCUT2D eigenvalue weighted by Gasteiger charge is 2.26. The van der Waals surface area contributed by atoms with Gasteiger partial charge in [-0.1, -0.05) is 6.92 Å². The Balaban J connectivity index is 1.94. The first kappa shape index (κ1) is 15.9. The van der Waals surface area contributed by atoms with Gasteiger partial charge in [-0.05, 0) is 24.4 Å². The molecule has 0 unspecified atom stereocenters. The fourth-order valence-corrected chi connectivity index (χ4v) is 3.01. The average molecular weight is 311 g/mol. The summed E-state index contributed by atoms with van der Waals surface area (Å²) in [5.41, 5.74) is 0.528. The summed E-state index contributed by atoms with van der Waals surface area (Å²) in [5.74, 6) is -0.521. The fraction of sp³-hybridized carbons (Fsp3) is 0.571. The van der Waals surface area contributed by atoms with Crippen molar-refractivity contribution in [1.82, 2.24) is 10.2 Å². The molecule has 0 saturated carbocycles. The Kier molecular flexibility index (Phi) is 5.72. The van der Waals surface area contributed by atoms with E-state index in [0.29, 0.717) is 23.2 Å². The van der Waals surface area contributed by atoms with Crippen LogP contribution < -0.4 is 10.6 Å². The molecule has 21 heavy (non-hydrogen) atoms. The molecule has 7 heteroatoms. The molecule has 0 radical (unpaired) electrons. The topological polar surface area (TPSA) is 70.7 Å². The Hall–Kier alpha value is -1.44. The monoisotopic (exact) mass is 311 g/mol. The number of hydrogen-bond acceptors (Lipinski definition) is 6. The molecule has 1 aliphatic rings. The van der Waals surface area contributed by atoms with E-state index in [9.17, 15) is 9.59 Å². The summed E-state index contributed by atoms with van der Waals surface area (Å²) in [6, 6.07) is 2.16. The molecule has 0 aliphatic carbocycles. The number of esters is 1. The normalized spacial score (nSPS) is 14.8. The molecule has 6 nitrogen and oxygen atoms in total. The molecular formula is C14H21N3O3S. The fourth-order valence-electron chi connectivity index (χ4n) is 2.24. The Morgan fingerprint density at radius 3 is 2.86 bits per heavy atom. The van der Waals surface area contributed by atoms with Crippen molar-refractivity contribution in [3.63, 3.8) is 0 Å². The van der Waals surface area contributed by atoms with Gasteiger partial charge >= 0.3 is 5.97 Å². The van der Waals surface area contributed by atoms with E-state index in [4.69, 9.17) is 4.74 Å². The molecule has 1 aromatic heterocycles. The third-order valence-electron chi connectivity index (χ3n) is 3.44. The number of amides is 1. The zero-order valence-corrected chi connectivity index (χ0v) is 13.2. The van der Waals surface area contributed by atoms with Crippen molar-refractivity contribution in [1.29, 1.82) is 0 Å². The summed E-state index contributed by atoms with van der Waals surface area (Å²) < 4.78 is 4.70. The highest BCUT2D eigenvalue weighted by Crippen LogP contribution is 2.23. The van der Waals surface area contributed by atoms with Crippen LogP contribution in [-0.2, 0) is 9.53 Å². The van der Waals surface area contributed by atoms with Gasteiger partial charge in [0.2, 0.25) is 5.91 Å². The van der Waals surface area contributed by atoms with E-state index in [1.807, 2.05) is 0 Å². The van der Waals surface area contributed by atoms with E-state index < -0.39 is 5.97 Å². The molecule has 2 rings (SSSR count). The minimum Gasteiger partial charge on any atom is -0.465 e. The predicted molar refractivity (Wildman–Crippen MR) is 82.8 cm³/mol. The molecule has 1 aliphatic heterocycles. The molecule has 2 N–H and O–H groups in total. The van der Waals surface area contributed by atoms with Crippen LogP contribution in [0.4, 0.5) is 5.69 Å². The molecule has 1 aromatic rings. The highest BCUT2D eigenvalue weighted by molar-refractivity contribution is 7.12. The second-order valence-corrected chi connectivity index (χ2v) is 5.90. The van der Waals surface area contributed by atoms with Crippen LogP contribution in [0.2, 0.25) is 0 Å². The molecule has 1 fully saturated rings. The van der Waals surface area contributed by atoms with Gasteiger partial charge in [-0.2, -0.15) is 0 Å². The Morgan fingerprint density at radius 2 is 2.29 bits per heavy atom. The van der Waals surface area contributed by atoms with E-state index in [1.54, 1.807) is 11.4 Å². The molecule has 0 spiro atoms. The maximum absolute atomic E-state index is 12.2. The SMILES string of the molecule is CCCN(CC(=O)Nc1ccsc1C(=O)OC)C1CNC1. The van der Waals surface area contributed by atoms with Gasteiger partial charge in [-0.15, -0.1) is 11.3 Å². The molecule has 1 amide bonds. The first-order valence-corrected chi connectivity index (χ1v) is 7.94. The number of thiophene rings is 1. The van der Waals surface area contributed by atoms with Crippen molar-refractivity contribution < 1.29 is 14.3 Å². The lowest BCUT2D eigenvalue weighted by Crippen LogP contribution is -2.58. The molecule has 0 aromatic carbocycles. The summed E-state index contributed by atoms with van der Waals surface area (Å²) in [4.78, 5) is 26.4. The molecule has 1 saturated heterocycles. The number of carbonyl (C=O) groups excluding carboxylic acids is 2. The van der Waals surface area contributed by atoms with Crippen LogP contribution in [0.5, 0.6) is 0 Å². The predicted octanol–water partition coefficient (Wildman–Crippen LogP) is 1.16. The lowest BCUT2D eigenvalue weighted by molar-refractivity contribution is -0.118. The van der Waals surface area contributed by atoms with Gasteiger partial charge in [0.1, 0.15) is 4.88 Å². The van der Waals surface area contributed by atoms with Crippen LogP contribution in [0.1, 0.15) is 23.0 Å². The third-order valence-corrected chi connectivity index (χ3v) is 4.34. The van der Waals surface area contributed by atoms with E-state index in [0.717, 1.165) is 26.1 Å². The van der Waals surface area contributed by atoms with E-state index >= 15 is 0 Å². The minimum absolute atomic E-state index is 0.0982. The summed E-state index contributed by atoms with van der Waals surface area (Å²) in [6.07, 6.45) is 1.01. The number of rotatable bonds is 7. The first-order chi connectivity index (χ1) is 10.2. The van der Waals surface area contributed by atoms with Crippen LogP contribution in [-0.4, -0.2) is 56.1 Å². The number of hydrogen-bond donors (Lipinski definition) is 2. The Morgan fingerprint density at radius 1 is 1.52 bits per heavy atom. The zero-order valence-electron chi connectivity index (χ0n) is 12.3. The summed E-state index contributed by atoms with van der Waals surface area (Å²) in [5, 5.41) is 7.79. The van der Waals surface area contributed by atoms with Gasteiger partial charge in [0.05, 0.1) is 19.3 Å². The van der Waals surface area contributed by atoms with Gasteiger partial charge in [0, 0.05) is 19.1 Å². The number of nitrogens with zero attached hydrogens (tertiary/aromatic N) is 1. The Bertz CT molecular complexity index is 499. The standard InChI is InChI=1S/C14H21N3O3S/c1-3-5-17(10-7-15-8-10)9-12(18)16-11-4-6-21-13(11)14(19)20-2/h4,6,10,15H,3,5,7-9H2,1-2H3,(H,16,18). The van der Waals surface area contributed by atoms with Gasteiger partial charge in [0.15, 0.2) is 0 Å². The van der Waals surface area contributed by atoms with Crippen molar-refractivity contribution in [3.05, 3.63) is 16.3 Å². The first-order valence-electron chi connectivity index (χ1n) is 7.06. The van der Waals surface area contributed by atoms with Gasteiger partial charge in [-0.25, -0.2) is 4.79 Å². The highest BCUT2D eigenvalue weighted by atomic mass is 32.1. The van der Waals surface area contributed by atoms with Gasteiger partial charge in [-0.3, -0.25) is 9.69 Å². The second kappa shape index (κ2) is 7.53. The maximum Gasteiger partial charge on any atom is 0.350 e. The number of methoxy groups -OCH3 is 1. The molecular weight excluding hydrogens is 290 g/mol. The van der Waals surface area contributed by atoms with E-state index in [2.05, 4.69) is 22.5 Å². The molecule has 116 valence electrons. The third kappa shape index (κ3) is 4.03. The summed E-state index contributed by atoms with van der Waals surface area (Å²) >= 11 is 1.26. The lowest BCUT2D eigenvalue weighted by Gasteiger charge is -2.37. The van der Waals surface area contributed by atoms with Crippen molar-refractivity contribution in [2.45, 2.75) is 19.4 Å². The van der Waals surface area contributed by atoms with Gasteiger partial charge < -0.3 is 15.4 Å². The maximum atomic E-state index is 12.2. The number of anilines is 1. The quantitative estimate of drug-likeness (QED) is 0.739. The molecule has 0 atom stereocenters. The zero-order chi connectivity index (χ0) is 15.2. The van der Waals surface area contributed by atoms with Gasteiger partial charge in [0.25, 0.3) is 0 Å². The summed E-state index contributed by atoms with van der Waals surface area (Å²) in [7, 11) is 1.33. The molecule has 2 heterocycles. The van der Waals surface area contributed by atoms with E-state index in [1.165, 1.54) is 18.4 Å². The summed E-state index contributed by atoms with van der Waals surface area (Å²) in [6.45, 7) is 5.20. The lowest BCUT2D eigenvalue weighted by atomic mass is 10.1. The van der Waals surface area contributed by atoms with Crippen molar-refractivity contribution in [3.8, 4) is 0 Å². The Labute approximate surface area is 128 Å². The van der Waals surface area contributed by atoms with Crippen LogP contribution in [0.15, 0.2) is 11.4 Å². The largest absolute Gasteiger partial charge is 0.465 e. The van der Waals surface area contributed by atoms with E-state index in [-0.39, 0.29) is 5.91 Å². The average Bonchev–Trinajstić information content (AvgIpc) is 2.84. The van der Waals surface area contributed by atoms with Crippen molar-refractivity contribution >= 4 is 28.9 Å². The number of carbonyl (C=O) groups is 2. The van der Waals surface area contributed by atoms with Crippen LogP contribution >= 0.6 is 11.3 Å². The smallest absolute Gasteiger partial charge is 0.350 e.